The minimum absolute atomic E-state index is 0.179. The van der Waals surface area contributed by atoms with Gasteiger partial charge >= 0.3 is 0 Å². The fourth-order valence-electron chi connectivity index (χ4n) is 2.02. The number of methoxy groups -OCH3 is 1. The van der Waals surface area contributed by atoms with Gasteiger partial charge < -0.3 is 20.1 Å². The van der Waals surface area contributed by atoms with Crippen molar-refractivity contribution in [3.63, 3.8) is 0 Å². The number of amides is 2. The van der Waals surface area contributed by atoms with Crippen molar-refractivity contribution in [1.82, 2.24) is 5.32 Å². The molecule has 0 aliphatic heterocycles. The average Bonchev–Trinajstić information content (AvgIpc) is 2.62. The van der Waals surface area contributed by atoms with Crippen molar-refractivity contribution in [3.8, 4) is 5.75 Å². The van der Waals surface area contributed by atoms with E-state index in [1.165, 1.54) is 0 Å². The van der Waals surface area contributed by atoms with Crippen molar-refractivity contribution in [2.24, 2.45) is 0 Å². The van der Waals surface area contributed by atoms with Gasteiger partial charge in [-0.3, -0.25) is 9.59 Å². The summed E-state index contributed by atoms with van der Waals surface area (Å²) in [6.07, 6.45) is 0. The fraction of sp³-hybridized carbons (Fsp3) is 0.222. The van der Waals surface area contributed by atoms with E-state index < -0.39 is 0 Å². The Morgan fingerprint density at radius 1 is 1.08 bits per heavy atom. The molecule has 7 heteroatoms. The van der Waals surface area contributed by atoms with E-state index >= 15 is 0 Å². The van der Waals surface area contributed by atoms with Crippen LogP contribution >= 0.6 is 11.6 Å². The second-order valence-corrected chi connectivity index (χ2v) is 5.52. The Hall–Kier alpha value is -2.57. The second-order valence-electron chi connectivity index (χ2n) is 5.09. The van der Waals surface area contributed by atoms with Crippen molar-refractivity contribution in [1.29, 1.82) is 0 Å². The summed E-state index contributed by atoms with van der Waals surface area (Å²) in [4.78, 5) is 24.2. The third-order valence-corrected chi connectivity index (χ3v) is 3.47. The lowest BCUT2D eigenvalue weighted by molar-refractivity contribution is -0.118. The van der Waals surface area contributed by atoms with Gasteiger partial charge in [0.05, 0.1) is 17.9 Å². The number of benzene rings is 2. The zero-order valence-electron chi connectivity index (χ0n) is 13.8. The average molecular weight is 363 g/mol. The number of carbonyl (C=O) groups excluding carboxylic acids is 2. The van der Waals surface area contributed by atoms with E-state index in [-0.39, 0.29) is 18.4 Å². The molecule has 132 valence electrons. The summed E-state index contributed by atoms with van der Waals surface area (Å²) >= 11 is 5.79. The maximum absolute atomic E-state index is 12.2. The van der Waals surface area contributed by atoms with Crippen molar-refractivity contribution >= 4 is 29.1 Å². The van der Waals surface area contributed by atoms with E-state index in [1.54, 1.807) is 55.6 Å². The molecule has 2 N–H and O–H groups in total. The molecule has 0 atom stereocenters. The predicted molar refractivity (Wildman–Crippen MR) is 96.2 cm³/mol. The molecule has 0 bridgehead atoms. The SMILES string of the molecule is COCCNC(=O)c1ccccc1NC(=O)COc1ccc(Cl)cc1. The number of carbonyl (C=O) groups is 2. The molecule has 6 nitrogen and oxygen atoms in total. The van der Waals surface area contributed by atoms with E-state index in [9.17, 15) is 9.59 Å². The van der Waals surface area contributed by atoms with Crippen LogP contribution in [0.15, 0.2) is 48.5 Å². The first-order chi connectivity index (χ1) is 12.1. The molecular weight excluding hydrogens is 344 g/mol. The zero-order valence-corrected chi connectivity index (χ0v) is 14.5. The number of anilines is 1. The number of para-hydroxylation sites is 1. The van der Waals surface area contributed by atoms with Crippen LogP contribution in [0.5, 0.6) is 5.75 Å². The maximum atomic E-state index is 12.2. The quantitative estimate of drug-likeness (QED) is 0.708. The second kappa shape index (κ2) is 9.66. The van der Waals surface area contributed by atoms with Crippen molar-refractivity contribution < 1.29 is 19.1 Å². The Balaban J connectivity index is 1.93. The molecular formula is C18H19ClN2O4. The lowest BCUT2D eigenvalue weighted by Gasteiger charge is -2.12. The largest absolute Gasteiger partial charge is 0.484 e. The number of nitrogens with one attached hydrogen (secondary N) is 2. The Labute approximate surface area is 151 Å². The van der Waals surface area contributed by atoms with Crippen molar-refractivity contribution in [3.05, 3.63) is 59.1 Å². The van der Waals surface area contributed by atoms with Gasteiger partial charge in [-0.05, 0) is 36.4 Å². The molecule has 0 aromatic heterocycles. The van der Waals surface area contributed by atoms with Crippen LogP contribution in [-0.2, 0) is 9.53 Å². The number of halogens is 1. The third-order valence-electron chi connectivity index (χ3n) is 3.22. The molecule has 2 aromatic carbocycles. The highest BCUT2D eigenvalue weighted by Gasteiger charge is 2.13. The standard InChI is InChI=1S/C18H19ClN2O4/c1-24-11-10-20-18(23)15-4-2-3-5-16(15)21-17(22)12-25-14-8-6-13(19)7-9-14/h2-9H,10-12H2,1H3,(H,20,23)(H,21,22). The van der Waals surface area contributed by atoms with Gasteiger partial charge in [-0.1, -0.05) is 23.7 Å². The predicted octanol–water partition coefficient (Wildman–Crippen LogP) is 2.73. The number of hydrogen-bond acceptors (Lipinski definition) is 4. The Morgan fingerprint density at radius 2 is 1.80 bits per heavy atom. The molecule has 2 amide bonds. The van der Waals surface area contributed by atoms with Gasteiger partial charge in [0.25, 0.3) is 11.8 Å². The lowest BCUT2D eigenvalue weighted by atomic mass is 10.1. The smallest absolute Gasteiger partial charge is 0.262 e. The molecule has 0 heterocycles. The molecule has 0 fully saturated rings. The molecule has 0 aliphatic carbocycles. The van der Waals surface area contributed by atoms with Crippen LogP contribution in [-0.4, -0.2) is 38.7 Å². The third kappa shape index (κ3) is 6.10. The van der Waals surface area contributed by atoms with Gasteiger partial charge in [-0.2, -0.15) is 0 Å². The summed E-state index contributed by atoms with van der Waals surface area (Å²) in [7, 11) is 1.56. The highest BCUT2D eigenvalue weighted by Crippen LogP contribution is 2.17. The van der Waals surface area contributed by atoms with Gasteiger partial charge in [-0.25, -0.2) is 0 Å². The van der Waals surface area contributed by atoms with Gasteiger partial charge in [-0.15, -0.1) is 0 Å². The number of hydrogen-bond donors (Lipinski definition) is 2. The lowest BCUT2D eigenvalue weighted by Crippen LogP contribution is -2.28. The summed E-state index contributed by atoms with van der Waals surface area (Å²) in [6.45, 7) is 0.619. The van der Waals surface area contributed by atoms with Crippen molar-refractivity contribution in [2.75, 3.05) is 32.2 Å². The normalized spacial score (nSPS) is 10.2. The molecule has 0 radical (unpaired) electrons. The zero-order chi connectivity index (χ0) is 18.1. The number of rotatable bonds is 8. The summed E-state index contributed by atoms with van der Waals surface area (Å²) in [6, 6.07) is 13.5. The van der Waals surface area contributed by atoms with E-state index in [0.717, 1.165) is 0 Å². The first-order valence-corrected chi connectivity index (χ1v) is 8.02. The molecule has 0 unspecified atom stereocenters. The van der Waals surface area contributed by atoms with Crippen molar-refractivity contribution in [2.45, 2.75) is 0 Å². The Bertz CT molecular complexity index is 719. The molecule has 2 aromatic rings. The summed E-state index contributed by atoms with van der Waals surface area (Å²) in [5.74, 6) is -0.121. The van der Waals surface area contributed by atoms with E-state index in [4.69, 9.17) is 21.1 Å². The molecule has 0 saturated carbocycles. The van der Waals surface area contributed by atoms with Crippen LogP contribution in [0, 0.1) is 0 Å². The van der Waals surface area contributed by atoms with Crippen LogP contribution in [0.2, 0.25) is 5.02 Å². The fourth-order valence-corrected chi connectivity index (χ4v) is 2.14. The first-order valence-electron chi connectivity index (χ1n) is 7.64. The van der Waals surface area contributed by atoms with Gasteiger partial charge in [0.15, 0.2) is 6.61 Å². The van der Waals surface area contributed by atoms with Crippen LogP contribution in [0.3, 0.4) is 0 Å². The minimum Gasteiger partial charge on any atom is -0.484 e. The number of ether oxygens (including phenoxy) is 2. The van der Waals surface area contributed by atoms with Crippen LogP contribution in [0.1, 0.15) is 10.4 Å². The monoisotopic (exact) mass is 362 g/mol. The summed E-state index contributed by atoms with van der Waals surface area (Å²) in [5, 5.41) is 5.99. The van der Waals surface area contributed by atoms with Crippen LogP contribution < -0.4 is 15.4 Å². The molecule has 0 spiro atoms. The van der Waals surface area contributed by atoms with Crippen LogP contribution in [0.4, 0.5) is 5.69 Å². The van der Waals surface area contributed by atoms with Gasteiger partial charge in [0.1, 0.15) is 5.75 Å². The summed E-state index contributed by atoms with van der Waals surface area (Å²) < 4.78 is 10.3. The molecule has 0 aliphatic rings. The van der Waals surface area contributed by atoms with E-state index in [2.05, 4.69) is 10.6 Å². The highest BCUT2D eigenvalue weighted by atomic mass is 35.5. The Kier molecular flexibility index (Phi) is 7.25. The minimum atomic E-state index is -0.368. The summed E-state index contributed by atoms with van der Waals surface area (Å²) in [5.41, 5.74) is 0.792. The molecule has 2 rings (SSSR count). The molecule has 0 saturated heterocycles. The van der Waals surface area contributed by atoms with Gasteiger partial charge in [0.2, 0.25) is 0 Å². The van der Waals surface area contributed by atoms with E-state index in [0.29, 0.717) is 35.2 Å². The van der Waals surface area contributed by atoms with E-state index in [1.807, 2.05) is 0 Å². The Morgan fingerprint density at radius 3 is 2.52 bits per heavy atom. The topological polar surface area (TPSA) is 76.7 Å². The molecule has 25 heavy (non-hydrogen) atoms. The van der Waals surface area contributed by atoms with Gasteiger partial charge in [0, 0.05) is 18.7 Å². The van der Waals surface area contributed by atoms with Crippen LogP contribution in [0.25, 0.3) is 0 Å². The maximum Gasteiger partial charge on any atom is 0.262 e. The highest BCUT2D eigenvalue weighted by molar-refractivity contribution is 6.30. The first kappa shape index (κ1) is 18.8.